The molecule has 2 aromatic carbocycles. The summed E-state index contributed by atoms with van der Waals surface area (Å²) in [5, 5.41) is 20.2. The number of phenols is 1. The van der Waals surface area contributed by atoms with Gasteiger partial charge < -0.3 is 14.9 Å². The summed E-state index contributed by atoms with van der Waals surface area (Å²) in [5.41, 5.74) is 1.77. The molecule has 0 saturated heterocycles. The second-order valence-electron chi connectivity index (χ2n) is 7.37. The predicted octanol–water partition coefficient (Wildman–Crippen LogP) is 3.23. The lowest BCUT2D eigenvalue weighted by molar-refractivity contribution is -0.139. The maximum absolute atomic E-state index is 12.9. The Morgan fingerprint density at radius 1 is 1.03 bits per heavy atom. The summed E-state index contributed by atoms with van der Waals surface area (Å²) in [6, 6.07) is 12.0. The average molecular weight is 409 g/mol. The van der Waals surface area contributed by atoms with Crippen molar-refractivity contribution < 1.29 is 29.3 Å². The van der Waals surface area contributed by atoms with Crippen LogP contribution in [0.2, 0.25) is 0 Å². The van der Waals surface area contributed by atoms with E-state index in [-0.39, 0.29) is 29.5 Å². The molecule has 1 unspecified atom stereocenters. The van der Waals surface area contributed by atoms with Crippen molar-refractivity contribution in [2.75, 3.05) is 12.0 Å². The number of carbonyl (C=O) groups excluding carboxylic acids is 3. The summed E-state index contributed by atoms with van der Waals surface area (Å²) in [5.74, 6) is -2.35. The van der Waals surface area contributed by atoms with Crippen LogP contribution in [0.1, 0.15) is 31.0 Å². The van der Waals surface area contributed by atoms with E-state index < -0.39 is 23.6 Å². The van der Waals surface area contributed by atoms with E-state index in [1.165, 1.54) is 24.1 Å². The number of esters is 1. The lowest BCUT2D eigenvalue weighted by Crippen LogP contribution is -2.31. The molecule has 1 aliphatic rings. The van der Waals surface area contributed by atoms with E-state index in [0.717, 1.165) is 0 Å². The number of hydrogen-bond donors (Lipinski definition) is 2. The van der Waals surface area contributed by atoms with Crippen molar-refractivity contribution in [2.45, 2.75) is 26.3 Å². The topological polar surface area (TPSA) is 104 Å². The largest absolute Gasteiger partial charge is 0.508 e. The third-order valence-corrected chi connectivity index (χ3v) is 5.00. The molecule has 0 aliphatic carbocycles. The molecular formula is C23H23NO6. The number of aliphatic hydroxyl groups is 1. The number of aromatic hydroxyl groups is 1. The van der Waals surface area contributed by atoms with Gasteiger partial charge in [-0.2, -0.15) is 0 Å². The van der Waals surface area contributed by atoms with E-state index in [1.54, 1.807) is 50.2 Å². The van der Waals surface area contributed by atoms with Crippen LogP contribution in [0.4, 0.5) is 5.69 Å². The second kappa shape index (κ2) is 8.41. The Morgan fingerprint density at radius 2 is 1.63 bits per heavy atom. The normalized spacial score (nSPS) is 16.3. The Morgan fingerprint density at radius 3 is 2.17 bits per heavy atom. The van der Waals surface area contributed by atoms with Gasteiger partial charge in [0.15, 0.2) is 11.5 Å². The molecule has 1 aliphatic heterocycles. The van der Waals surface area contributed by atoms with Gasteiger partial charge in [0.1, 0.15) is 5.75 Å². The van der Waals surface area contributed by atoms with E-state index in [2.05, 4.69) is 4.74 Å². The number of phenolic OH excluding ortho intramolecular Hbond substituents is 1. The smallest absolute Gasteiger partial charge is 0.309 e. The monoisotopic (exact) mass is 409 g/mol. The molecule has 1 heterocycles. The fraction of sp³-hybridized carbons (Fsp3) is 0.261. The number of carbonyl (C=O) groups is 3. The molecule has 156 valence electrons. The van der Waals surface area contributed by atoms with Crippen LogP contribution in [0.15, 0.2) is 59.9 Å². The fourth-order valence-corrected chi connectivity index (χ4v) is 3.42. The van der Waals surface area contributed by atoms with Gasteiger partial charge >= 0.3 is 5.97 Å². The summed E-state index contributed by atoms with van der Waals surface area (Å²) in [6.07, 6.45) is 0.0900. The molecule has 0 bridgehead atoms. The molecule has 0 aromatic heterocycles. The first-order valence-electron chi connectivity index (χ1n) is 9.50. The van der Waals surface area contributed by atoms with Crippen LogP contribution < -0.4 is 4.90 Å². The maximum Gasteiger partial charge on any atom is 0.309 e. The highest BCUT2D eigenvalue weighted by molar-refractivity contribution is 6.16. The van der Waals surface area contributed by atoms with E-state index in [1.807, 2.05) is 0 Å². The number of aliphatic hydroxyl groups excluding tert-OH is 1. The first-order chi connectivity index (χ1) is 14.2. The number of rotatable bonds is 6. The van der Waals surface area contributed by atoms with E-state index in [9.17, 15) is 24.6 Å². The summed E-state index contributed by atoms with van der Waals surface area (Å²) >= 11 is 0. The number of ketones is 1. The molecule has 2 aromatic rings. The number of methoxy groups -OCH3 is 1. The average Bonchev–Trinajstić information content (AvgIpc) is 2.99. The van der Waals surface area contributed by atoms with Crippen molar-refractivity contribution in [3.63, 3.8) is 0 Å². The molecule has 0 saturated carbocycles. The highest BCUT2D eigenvalue weighted by Gasteiger charge is 2.44. The minimum absolute atomic E-state index is 0.0272. The Bertz CT molecular complexity index is 1000. The minimum Gasteiger partial charge on any atom is -0.508 e. The van der Waals surface area contributed by atoms with Crippen molar-refractivity contribution in [1.82, 2.24) is 0 Å². The molecule has 1 atom stereocenters. The third-order valence-electron chi connectivity index (χ3n) is 5.00. The Labute approximate surface area is 174 Å². The Kier molecular flexibility index (Phi) is 5.91. The minimum atomic E-state index is -0.834. The molecule has 3 rings (SSSR count). The zero-order chi connectivity index (χ0) is 22.0. The molecule has 30 heavy (non-hydrogen) atoms. The van der Waals surface area contributed by atoms with Crippen LogP contribution in [0.25, 0.3) is 0 Å². The van der Waals surface area contributed by atoms with Gasteiger partial charge in [-0.05, 0) is 35.4 Å². The molecule has 0 spiro atoms. The number of hydrogen-bond acceptors (Lipinski definition) is 6. The van der Waals surface area contributed by atoms with Gasteiger partial charge in [-0.15, -0.1) is 0 Å². The highest BCUT2D eigenvalue weighted by Crippen LogP contribution is 2.42. The zero-order valence-corrected chi connectivity index (χ0v) is 17.0. The highest BCUT2D eigenvalue weighted by atomic mass is 16.5. The molecule has 7 heteroatoms. The van der Waals surface area contributed by atoms with Crippen molar-refractivity contribution in [1.29, 1.82) is 0 Å². The zero-order valence-electron chi connectivity index (χ0n) is 17.0. The number of nitrogens with zero attached hydrogens (tertiary/aromatic N) is 1. The van der Waals surface area contributed by atoms with E-state index >= 15 is 0 Å². The van der Waals surface area contributed by atoms with Crippen molar-refractivity contribution in [3.05, 3.63) is 71.0 Å². The lowest BCUT2D eigenvalue weighted by Gasteiger charge is -2.27. The summed E-state index contributed by atoms with van der Waals surface area (Å²) in [4.78, 5) is 38.6. The maximum atomic E-state index is 12.9. The summed E-state index contributed by atoms with van der Waals surface area (Å²) in [6.45, 7) is 3.40. The quantitative estimate of drug-likeness (QED) is 0.710. The lowest BCUT2D eigenvalue weighted by atomic mass is 9.91. The van der Waals surface area contributed by atoms with Gasteiger partial charge in [-0.3, -0.25) is 19.3 Å². The first kappa shape index (κ1) is 21.1. The Hall–Kier alpha value is -3.61. The van der Waals surface area contributed by atoms with Crippen molar-refractivity contribution in [2.24, 2.45) is 5.92 Å². The third kappa shape index (κ3) is 3.91. The molecule has 0 fully saturated rings. The number of benzene rings is 2. The molecule has 0 radical (unpaired) electrons. The summed E-state index contributed by atoms with van der Waals surface area (Å²) in [7, 11) is 1.31. The van der Waals surface area contributed by atoms with Crippen LogP contribution in [-0.4, -0.2) is 35.0 Å². The molecule has 2 N–H and O–H groups in total. The molecule has 1 amide bonds. The number of anilines is 1. The van der Waals surface area contributed by atoms with Gasteiger partial charge in [0.05, 0.1) is 25.1 Å². The van der Waals surface area contributed by atoms with E-state index in [0.29, 0.717) is 16.8 Å². The van der Waals surface area contributed by atoms with Crippen LogP contribution in [0.5, 0.6) is 5.75 Å². The van der Waals surface area contributed by atoms with Crippen LogP contribution in [-0.2, 0) is 25.5 Å². The van der Waals surface area contributed by atoms with Gasteiger partial charge in [0.2, 0.25) is 0 Å². The second-order valence-corrected chi connectivity index (χ2v) is 7.37. The van der Waals surface area contributed by atoms with Crippen molar-refractivity contribution in [3.8, 4) is 5.75 Å². The summed E-state index contributed by atoms with van der Waals surface area (Å²) < 4.78 is 4.66. The van der Waals surface area contributed by atoms with E-state index in [4.69, 9.17) is 0 Å². The fourth-order valence-electron chi connectivity index (χ4n) is 3.42. The van der Waals surface area contributed by atoms with Gasteiger partial charge in [-0.25, -0.2) is 0 Å². The molecule has 7 nitrogen and oxygen atoms in total. The van der Waals surface area contributed by atoms with Gasteiger partial charge in [-0.1, -0.05) is 38.1 Å². The van der Waals surface area contributed by atoms with Crippen LogP contribution in [0, 0.1) is 5.92 Å². The van der Waals surface area contributed by atoms with Crippen LogP contribution in [0.3, 0.4) is 0 Å². The standard InChI is InChI=1S/C23H23NO6/c1-13(2)21(27)19-20(15-6-10-17(25)11-7-15)24(23(29)22(19)28)16-8-4-14(5-9-16)12-18(26)30-3/h4-11,13,20,25,28H,12H2,1-3H3. The number of amides is 1. The van der Waals surface area contributed by atoms with Crippen molar-refractivity contribution >= 4 is 23.3 Å². The number of ether oxygens (including phenoxy) is 1. The van der Waals surface area contributed by atoms with Gasteiger partial charge in [0.25, 0.3) is 5.91 Å². The first-order valence-corrected chi connectivity index (χ1v) is 9.50. The van der Waals surface area contributed by atoms with Crippen LogP contribution >= 0.6 is 0 Å². The van der Waals surface area contributed by atoms with Gasteiger partial charge in [0, 0.05) is 11.6 Å². The predicted molar refractivity (Wildman–Crippen MR) is 110 cm³/mol. The SMILES string of the molecule is COC(=O)Cc1ccc(N2C(=O)C(O)=C(C(=O)C(C)C)C2c2ccc(O)cc2)cc1. The molecular weight excluding hydrogens is 386 g/mol. The number of Topliss-reactive ketones (excluding diaryl/α,β-unsaturated/α-hetero) is 1. The Balaban J connectivity index is 2.06.